The Labute approximate surface area is 119 Å². The van der Waals surface area contributed by atoms with Gasteiger partial charge < -0.3 is 0 Å². The molecule has 0 bridgehead atoms. The second-order valence-electron chi connectivity index (χ2n) is 4.05. The van der Waals surface area contributed by atoms with E-state index in [0.717, 1.165) is 22.7 Å². The molecule has 0 fully saturated rings. The largest absolute Gasteiger partial charge is 0.416 e. The fourth-order valence-corrected chi connectivity index (χ4v) is 2.22. The van der Waals surface area contributed by atoms with Crippen LogP contribution in [-0.4, -0.2) is 12.5 Å². The summed E-state index contributed by atoms with van der Waals surface area (Å²) in [6.45, 7) is 0. The van der Waals surface area contributed by atoms with Gasteiger partial charge in [0.25, 0.3) is 0 Å². The Morgan fingerprint density at radius 2 is 1.80 bits per heavy atom. The molecule has 0 atom stereocenters. The van der Waals surface area contributed by atoms with Crippen molar-refractivity contribution in [2.24, 2.45) is 4.99 Å². The highest BCUT2D eigenvalue weighted by Crippen LogP contribution is 2.30. The first-order valence-electron chi connectivity index (χ1n) is 5.85. The van der Waals surface area contributed by atoms with Crippen LogP contribution < -0.4 is 0 Å². The molecule has 2 rings (SSSR count). The van der Waals surface area contributed by atoms with Crippen molar-refractivity contribution >= 4 is 23.7 Å². The standard InChI is InChI=1S/C15H12F3NS/c1-20-14-8-3-2-7-13(14)19-10-11-5-4-6-12(9-11)15(16,17)18/h2-10H,1H3. The van der Waals surface area contributed by atoms with Gasteiger partial charge in [0.1, 0.15) is 0 Å². The molecule has 0 aromatic heterocycles. The number of hydrogen-bond acceptors (Lipinski definition) is 2. The van der Waals surface area contributed by atoms with Gasteiger partial charge in [-0.1, -0.05) is 24.3 Å². The van der Waals surface area contributed by atoms with Gasteiger partial charge in [-0.25, -0.2) is 0 Å². The summed E-state index contributed by atoms with van der Waals surface area (Å²) in [7, 11) is 0. The second-order valence-corrected chi connectivity index (χ2v) is 4.90. The molecule has 2 aromatic carbocycles. The highest BCUT2D eigenvalue weighted by Gasteiger charge is 2.30. The first kappa shape index (κ1) is 14.7. The van der Waals surface area contributed by atoms with Crippen molar-refractivity contribution < 1.29 is 13.2 Å². The summed E-state index contributed by atoms with van der Waals surface area (Å²) < 4.78 is 37.8. The fraction of sp³-hybridized carbons (Fsp3) is 0.133. The maximum atomic E-state index is 12.6. The average Bonchev–Trinajstić information content (AvgIpc) is 2.45. The number of thioether (sulfide) groups is 1. The number of rotatable bonds is 3. The first-order chi connectivity index (χ1) is 9.50. The Hall–Kier alpha value is -1.75. The van der Waals surface area contributed by atoms with Crippen molar-refractivity contribution in [1.82, 2.24) is 0 Å². The highest BCUT2D eigenvalue weighted by atomic mass is 32.2. The lowest BCUT2D eigenvalue weighted by molar-refractivity contribution is -0.137. The molecule has 0 saturated heterocycles. The van der Waals surface area contributed by atoms with Gasteiger partial charge in [-0.05, 0) is 36.1 Å². The monoisotopic (exact) mass is 295 g/mol. The van der Waals surface area contributed by atoms with Gasteiger partial charge in [-0.3, -0.25) is 4.99 Å². The van der Waals surface area contributed by atoms with Gasteiger partial charge in [0.2, 0.25) is 0 Å². The van der Waals surface area contributed by atoms with E-state index in [4.69, 9.17) is 0 Å². The molecule has 0 radical (unpaired) electrons. The fourth-order valence-electron chi connectivity index (χ4n) is 1.68. The molecule has 104 valence electrons. The molecule has 0 saturated carbocycles. The summed E-state index contributed by atoms with van der Waals surface area (Å²) in [6.07, 6.45) is -0.954. The van der Waals surface area contributed by atoms with Crippen LogP contribution >= 0.6 is 11.8 Å². The predicted octanol–water partition coefficient (Wildman–Crippen LogP) is 5.18. The third-order valence-electron chi connectivity index (χ3n) is 2.65. The molecule has 0 aliphatic heterocycles. The Morgan fingerprint density at radius 1 is 1.05 bits per heavy atom. The summed E-state index contributed by atoms with van der Waals surface area (Å²) in [6, 6.07) is 12.6. The van der Waals surface area contributed by atoms with Crippen LogP contribution in [0.25, 0.3) is 0 Å². The van der Waals surface area contributed by atoms with E-state index in [2.05, 4.69) is 4.99 Å². The minimum absolute atomic E-state index is 0.427. The Kier molecular flexibility index (Phi) is 4.49. The second kappa shape index (κ2) is 6.13. The van der Waals surface area contributed by atoms with E-state index in [9.17, 15) is 13.2 Å². The van der Waals surface area contributed by atoms with Crippen molar-refractivity contribution in [2.75, 3.05) is 6.26 Å². The molecular formula is C15H12F3NS. The van der Waals surface area contributed by atoms with Crippen LogP contribution in [-0.2, 0) is 6.18 Å². The summed E-state index contributed by atoms with van der Waals surface area (Å²) in [5.41, 5.74) is 0.507. The summed E-state index contributed by atoms with van der Waals surface area (Å²) in [5, 5.41) is 0. The smallest absolute Gasteiger partial charge is 0.255 e. The van der Waals surface area contributed by atoms with Crippen molar-refractivity contribution in [3.8, 4) is 0 Å². The molecule has 20 heavy (non-hydrogen) atoms. The Morgan fingerprint density at radius 3 is 2.50 bits per heavy atom. The van der Waals surface area contributed by atoms with Gasteiger partial charge >= 0.3 is 6.18 Å². The zero-order valence-corrected chi connectivity index (χ0v) is 11.5. The number of nitrogens with zero attached hydrogens (tertiary/aromatic N) is 1. The average molecular weight is 295 g/mol. The molecular weight excluding hydrogens is 283 g/mol. The minimum Gasteiger partial charge on any atom is -0.255 e. The predicted molar refractivity (Wildman–Crippen MR) is 76.9 cm³/mol. The third-order valence-corrected chi connectivity index (χ3v) is 3.44. The summed E-state index contributed by atoms with van der Waals surface area (Å²) >= 11 is 1.54. The SMILES string of the molecule is CSc1ccccc1N=Cc1cccc(C(F)(F)F)c1. The lowest BCUT2D eigenvalue weighted by atomic mass is 10.1. The van der Waals surface area contributed by atoms with Crippen LogP contribution in [0.5, 0.6) is 0 Å². The van der Waals surface area contributed by atoms with E-state index in [1.54, 1.807) is 17.8 Å². The van der Waals surface area contributed by atoms with Gasteiger partial charge in [0.05, 0.1) is 11.3 Å². The Bertz CT molecular complexity index is 621. The molecule has 0 aliphatic carbocycles. The highest BCUT2D eigenvalue weighted by molar-refractivity contribution is 7.98. The maximum Gasteiger partial charge on any atom is 0.416 e. The molecule has 2 aromatic rings. The number of para-hydroxylation sites is 1. The van der Waals surface area contributed by atoms with Gasteiger partial charge in [-0.15, -0.1) is 11.8 Å². The molecule has 0 spiro atoms. The van der Waals surface area contributed by atoms with E-state index in [-0.39, 0.29) is 0 Å². The lowest BCUT2D eigenvalue weighted by Crippen LogP contribution is -2.04. The topological polar surface area (TPSA) is 12.4 Å². The first-order valence-corrected chi connectivity index (χ1v) is 7.07. The molecule has 0 aliphatic rings. The zero-order chi connectivity index (χ0) is 14.6. The van der Waals surface area contributed by atoms with Gasteiger partial charge in [0, 0.05) is 11.1 Å². The van der Waals surface area contributed by atoms with Gasteiger partial charge in [0.15, 0.2) is 0 Å². The molecule has 1 nitrogen and oxygen atoms in total. The third kappa shape index (κ3) is 3.63. The van der Waals surface area contributed by atoms with Crippen LogP contribution in [0.1, 0.15) is 11.1 Å². The maximum absolute atomic E-state index is 12.6. The van der Waals surface area contributed by atoms with E-state index in [1.165, 1.54) is 12.3 Å². The van der Waals surface area contributed by atoms with Crippen molar-refractivity contribution in [3.05, 3.63) is 59.7 Å². The van der Waals surface area contributed by atoms with Crippen LogP contribution in [0, 0.1) is 0 Å². The van der Waals surface area contributed by atoms with E-state index in [1.807, 2.05) is 30.5 Å². The number of halogens is 3. The number of aliphatic imine (C=N–C) groups is 1. The van der Waals surface area contributed by atoms with Crippen molar-refractivity contribution in [2.45, 2.75) is 11.1 Å². The molecule has 0 amide bonds. The van der Waals surface area contributed by atoms with Crippen LogP contribution in [0.3, 0.4) is 0 Å². The van der Waals surface area contributed by atoms with Crippen LogP contribution in [0.2, 0.25) is 0 Å². The van der Waals surface area contributed by atoms with E-state index in [0.29, 0.717) is 5.56 Å². The van der Waals surface area contributed by atoms with Crippen molar-refractivity contribution in [3.63, 3.8) is 0 Å². The van der Waals surface area contributed by atoms with Crippen molar-refractivity contribution in [1.29, 1.82) is 0 Å². The molecule has 0 heterocycles. The molecule has 0 unspecified atom stereocenters. The minimum atomic E-state index is -4.33. The van der Waals surface area contributed by atoms with Crippen LogP contribution in [0.4, 0.5) is 18.9 Å². The van der Waals surface area contributed by atoms with E-state index < -0.39 is 11.7 Å². The van der Waals surface area contributed by atoms with E-state index >= 15 is 0 Å². The van der Waals surface area contributed by atoms with Crippen LogP contribution in [0.15, 0.2) is 58.4 Å². The zero-order valence-electron chi connectivity index (χ0n) is 10.7. The number of alkyl halides is 3. The molecule has 0 N–H and O–H groups in total. The summed E-state index contributed by atoms with van der Waals surface area (Å²) in [4.78, 5) is 5.24. The van der Waals surface area contributed by atoms with Gasteiger partial charge in [-0.2, -0.15) is 13.2 Å². The molecule has 5 heteroatoms. The Balaban J connectivity index is 2.28. The quantitative estimate of drug-likeness (QED) is 0.561. The lowest BCUT2D eigenvalue weighted by Gasteiger charge is -2.06. The number of benzene rings is 2. The summed E-state index contributed by atoms with van der Waals surface area (Å²) in [5.74, 6) is 0. The number of hydrogen-bond donors (Lipinski definition) is 0. The normalized spacial score (nSPS) is 12.0.